The van der Waals surface area contributed by atoms with Crippen molar-refractivity contribution in [3.63, 3.8) is 0 Å². The van der Waals surface area contributed by atoms with Gasteiger partial charge in [0.15, 0.2) is 5.82 Å². The second kappa shape index (κ2) is 6.89. The van der Waals surface area contributed by atoms with Gasteiger partial charge in [-0.3, -0.25) is 10.3 Å². The Hall–Kier alpha value is -2.92. The number of anilines is 1. The molecule has 0 unspecified atom stereocenters. The van der Waals surface area contributed by atoms with E-state index in [1.54, 1.807) is 36.5 Å². The number of carbonyl (C=O) groups excluding carboxylic acids is 1. The Balaban J connectivity index is 1.68. The number of nitrogens with one attached hydrogen (secondary N) is 1. The van der Waals surface area contributed by atoms with Crippen molar-refractivity contribution in [2.24, 2.45) is 0 Å². The van der Waals surface area contributed by atoms with Crippen LogP contribution in [0.4, 0.5) is 10.6 Å². The van der Waals surface area contributed by atoms with Crippen LogP contribution in [0.3, 0.4) is 0 Å². The van der Waals surface area contributed by atoms with Gasteiger partial charge < -0.3 is 4.74 Å². The minimum atomic E-state index is -0.629. The van der Waals surface area contributed by atoms with Gasteiger partial charge in [-0.1, -0.05) is 48.0 Å². The maximum Gasteiger partial charge on any atom is 0.418 e. The smallest absolute Gasteiger partial charge is 0.410 e. The molecule has 0 radical (unpaired) electrons. The molecule has 1 aromatic heterocycles. The summed E-state index contributed by atoms with van der Waals surface area (Å²) >= 11 is 6.12. The summed E-state index contributed by atoms with van der Waals surface area (Å²) in [6.07, 6.45) is 2.36. The van der Waals surface area contributed by atoms with Gasteiger partial charge in [-0.25, -0.2) is 9.78 Å². The minimum absolute atomic E-state index is 0.293. The SMILES string of the molecule is O=C(Nc1cnc(-c2ccccc2Cl)cn1)Oc1ccccc1. The molecule has 1 N–H and O–H groups in total. The lowest BCUT2D eigenvalue weighted by atomic mass is 10.2. The predicted octanol–water partition coefficient (Wildman–Crippen LogP) is 4.41. The predicted molar refractivity (Wildman–Crippen MR) is 88.6 cm³/mol. The minimum Gasteiger partial charge on any atom is -0.410 e. The van der Waals surface area contributed by atoms with E-state index in [2.05, 4.69) is 15.3 Å². The number of nitrogens with zero attached hydrogens (tertiary/aromatic N) is 2. The van der Waals surface area contributed by atoms with Gasteiger partial charge in [0.2, 0.25) is 0 Å². The molecule has 2 aromatic carbocycles. The van der Waals surface area contributed by atoms with Gasteiger partial charge in [-0.05, 0) is 18.2 Å². The Bertz CT molecular complexity index is 808. The Labute approximate surface area is 137 Å². The topological polar surface area (TPSA) is 64.1 Å². The maximum absolute atomic E-state index is 11.8. The molecular formula is C17H12ClN3O2. The van der Waals surface area contributed by atoms with Crippen LogP contribution in [0.25, 0.3) is 11.3 Å². The van der Waals surface area contributed by atoms with E-state index in [1.807, 2.05) is 24.3 Å². The Morgan fingerprint density at radius 2 is 1.70 bits per heavy atom. The zero-order valence-corrected chi connectivity index (χ0v) is 12.7. The van der Waals surface area contributed by atoms with E-state index in [1.165, 1.54) is 6.20 Å². The van der Waals surface area contributed by atoms with Gasteiger partial charge in [-0.15, -0.1) is 0 Å². The van der Waals surface area contributed by atoms with E-state index in [9.17, 15) is 4.79 Å². The summed E-state index contributed by atoms with van der Waals surface area (Å²) in [6, 6.07) is 16.1. The van der Waals surface area contributed by atoms with E-state index in [4.69, 9.17) is 16.3 Å². The molecule has 0 aliphatic rings. The molecule has 0 fully saturated rings. The number of rotatable bonds is 3. The van der Waals surface area contributed by atoms with Crippen molar-refractivity contribution in [1.82, 2.24) is 9.97 Å². The molecular weight excluding hydrogens is 314 g/mol. The lowest BCUT2D eigenvalue weighted by molar-refractivity contribution is 0.215. The lowest BCUT2D eigenvalue weighted by Crippen LogP contribution is -2.17. The molecule has 1 amide bonds. The molecule has 114 valence electrons. The van der Waals surface area contributed by atoms with Crippen molar-refractivity contribution in [1.29, 1.82) is 0 Å². The summed E-state index contributed by atoms with van der Waals surface area (Å²) in [7, 11) is 0. The number of amides is 1. The number of benzene rings is 2. The highest BCUT2D eigenvalue weighted by Crippen LogP contribution is 2.25. The van der Waals surface area contributed by atoms with Crippen LogP contribution in [0, 0.1) is 0 Å². The van der Waals surface area contributed by atoms with Crippen LogP contribution in [0.2, 0.25) is 5.02 Å². The average Bonchev–Trinajstić information content (AvgIpc) is 2.57. The highest BCUT2D eigenvalue weighted by Gasteiger charge is 2.08. The molecule has 0 atom stereocenters. The van der Waals surface area contributed by atoms with Gasteiger partial charge in [0, 0.05) is 5.56 Å². The average molecular weight is 326 g/mol. The highest BCUT2D eigenvalue weighted by molar-refractivity contribution is 6.33. The van der Waals surface area contributed by atoms with Crippen LogP contribution < -0.4 is 10.1 Å². The summed E-state index contributed by atoms with van der Waals surface area (Å²) in [5.41, 5.74) is 1.40. The molecule has 0 saturated heterocycles. The molecule has 1 heterocycles. The fraction of sp³-hybridized carbons (Fsp3) is 0. The van der Waals surface area contributed by atoms with E-state index < -0.39 is 6.09 Å². The standard InChI is InChI=1S/C17H12ClN3O2/c18-14-9-5-4-8-13(14)15-10-20-16(11-19-15)21-17(22)23-12-6-2-1-3-7-12/h1-11H,(H,20,21,22). The fourth-order valence-corrected chi connectivity index (χ4v) is 2.16. The summed E-state index contributed by atoms with van der Waals surface area (Å²) in [5.74, 6) is 0.743. The van der Waals surface area contributed by atoms with Crippen LogP contribution in [0.5, 0.6) is 5.75 Å². The molecule has 3 aromatic rings. The first-order valence-corrected chi connectivity index (χ1v) is 7.21. The van der Waals surface area contributed by atoms with Crippen molar-refractivity contribution in [3.05, 3.63) is 72.0 Å². The summed E-state index contributed by atoms with van der Waals surface area (Å²) < 4.78 is 5.11. The first-order valence-electron chi connectivity index (χ1n) is 6.83. The van der Waals surface area contributed by atoms with Crippen molar-refractivity contribution >= 4 is 23.5 Å². The molecule has 0 spiro atoms. The van der Waals surface area contributed by atoms with Crippen molar-refractivity contribution in [3.8, 4) is 17.0 Å². The van der Waals surface area contributed by atoms with Crippen molar-refractivity contribution in [2.45, 2.75) is 0 Å². The van der Waals surface area contributed by atoms with Gasteiger partial charge in [0.1, 0.15) is 5.75 Å². The number of ether oxygens (including phenoxy) is 1. The fourth-order valence-electron chi connectivity index (χ4n) is 1.93. The number of aromatic nitrogens is 2. The third-order valence-electron chi connectivity index (χ3n) is 2.99. The summed E-state index contributed by atoms with van der Waals surface area (Å²) in [4.78, 5) is 20.2. The molecule has 3 rings (SSSR count). The van der Waals surface area contributed by atoms with Crippen molar-refractivity contribution < 1.29 is 9.53 Å². The second-order valence-electron chi connectivity index (χ2n) is 4.59. The molecule has 0 aliphatic heterocycles. The van der Waals surface area contributed by atoms with Crippen molar-refractivity contribution in [2.75, 3.05) is 5.32 Å². The van der Waals surface area contributed by atoms with E-state index in [0.29, 0.717) is 22.3 Å². The van der Waals surface area contributed by atoms with Crippen LogP contribution in [-0.2, 0) is 0 Å². The zero-order chi connectivity index (χ0) is 16.1. The third kappa shape index (κ3) is 3.84. The van der Waals surface area contributed by atoms with Crippen LogP contribution in [0.1, 0.15) is 0 Å². The molecule has 0 bridgehead atoms. The van der Waals surface area contributed by atoms with Gasteiger partial charge >= 0.3 is 6.09 Å². The van der Waals surface area contributed by atoms with Gasteiger partial charge in [0.25, 0.3) is 0 Å². The van der Waals surface area contributed by atoms with Gasteiger partial charge in [-0.2, -0.15) is 0 Å². The normalized spacial score (nSPS) is 10.1. The van der Waals surface area contributed by atoms with E-state index in [-0.39, 0.29) is 0 Å². The molecule has 0 aliphatic carbocycles. The zero-order valence-electron chi connectivity index (χ0n) is 11.9. The van der Waals surface area contributed by atoms with Crippen LogP contribution in [-0.4, -0.2) is 16.1 Å². The molecule has 6 heteroatoms. The van der Waals surface area contributed by atoms with Crippen LogP contribution in [0.15, 0.2) is 67.0 Å². The Morgan fingerprint density at radius 3 is 2.39 bits per heavy atom. The first kappa shape index (κ1) is 15.0. The summed E-state index contributed by atoms with van der Waals surface area (Å²) in [6.45, 7) is 0. The lowest BCUT2D eigenvalue weighted by Gasteiger charge is -2.07. The third-order valence-corrected chi connectivity index (χ3v) is 3.32. The first-order chi connectivity index (χ1) is 11.2. The molecule has 23 heavy (non-hydrogen) atoms. The quantitative estimate of drug-likeness (QED) is 0.774. The summed E-state index contributed by atoms with van der Waals surface area (Å²) in [5, 5.41) is 3.10. The van der Waals surface area contributed by atoms with E-state index in [0.717, 1.165) is 5.56 Å². The second-order valence-corrected chi connectivity index (χ2v) is 5.00. The monoisotopic (exact) mass is 325 g/mol. The Kier molecular flexibility index (Phi) is 4.49. The molecule has 0 saturated carbocycles. The molecule has 5 nitrogen and oxygen atoms in total. The number of hydrogen-bond acceptors (Lipinski definition) is 4. The van der Waals surface area contributed by atoms with Crippen LogP contribution >= 0.6 is 11.6 Å². The number of halogens is 1. The van der Waals surface area contributed by atoms with Gasteiger partial charge in [0.05, 0.1) is 23.1 Å². The van der Waals surface area contributed by atoms with E-state index >= 15 is 0 Å². The maximum atomic E-state index is 11.8. The highest BCUT2D eigenvalue weighted by atomic mass is 35.5. The largest absolute Gasteiger partial charge is 0.418 e. The number of para-hydroxylation sites is 1. The number of hydrogen-bond donors (Lipinski definition) is 1. The number of carbonyl (C=O) groups is 1. The Morgan fingerprint density at radius 1 is 0.957 bits per heavy atom.